The monoisotopic (exact) mass is 349 g/mol. The lowest BCUT2D eigenvalue weighted by Crippen LogP contribution is -2.46. The van der Waals surface area contributed by atoms with Crippen LogP contribution >= 0.6 is 11.6 Å². The van der Waals surface area contributed by atoms with Crippen molar-refractivity contribution in [3.8, 4) is 0 Å². The molecule has 0 radical (unpaired) electrons. The Labute approximate surface area is 146 Å². The Kier molecular flexibility index (Phi) is 5.16. The molecule has 3 rings (SSSR count). The summed E-state index contributed by atoms with van der Waals surface area (Å²) in [7, 11) is 3.85. The number of piperazine rings is 1. The van der Waals surface area contributed by atoms with Crippen LogP contribution in [0.4, 0.5) is 16.2 Å². The molecule has 1 fully saturated rings. The molecule has 0 N–H and O–H groups in total. The SMILES string of the molecule is CN(C)c1nccc(N2CCN(Cc3c(F)cccc3Cl)CC2)n1. The maximum Gasteiger partial charge on any atom is 0.226 e. The van der Waals surface area contributed by atoms with E-state index >= 15 is 0 Å². The molecule has 1 saturated heterocycles. The molecule has 1 aromatic carbocycles. The van der Waals surface area contributed by atoms with Crippen LogP contribution < -0.4 is 9.80 Å². The number of benzene rings is 1. The standard InChI is InChI=1S/C17H21ClFN5/c1-22(2)17-20-7-6-16(21-17)24-10-8-23(9-11-24)12-13-14(18)4-3-5-15(13)19/h3-7H,8-12H2,1-2H3. The maximum atomic E-state index is 13.9. The third-order valence-electron chi connectivity index (χ3n) is 4.17. The zero-order valence-corrected chi connectivity index (χ0v) is 14.7. The van der Waals surface area contributed by atoms with Crippen LogP contribution in [0.25, 0.3) is 0 Å². The molecule has 0 aliphatic carbocycles. The van der Waals surface area contributed by atoms with Crippen LogP contribution in [0.5, 0.6) is 0 Å². The van der Waals surface area contributed by atoms with Crippen LogP contribution in [0.15, 0.2) is 30.5 Å². The van der Waals surface area contributed by atoms with E-state index in [-0.39, 0.29) is 5.82 Å². The van der Waals surface area contributed by atoms with Crippen LogP contribution in [0.1, 0.15) is 5.56 Å². The maximum absolute atomic E-state index is 13.9. The fourth-order valence-electron chi connectivity index (χ4n) is 2.77. The van der Waals surface area contributed by atoms with Gasteiger partial charge >= 0.3 is 0 Å². The van der Waals surface area contributed by atoms with Crippen LogP contribution in [0.2, 0.25) is 5.02 Å². The minimum absolute atomic E-state index is 0.239. The zero-order valence-electron chi connectivity index (χ0n) is 13.9. The molecule has 0 unspecified atom stereocenters. The first-order valence-corrected chi connectivity index (χ1v) is 8.33. The number of nitrogens with zero attached hydrogens (tertiary/aromatic N) is 5. The zero-order chi connectivity index (χ0) is 17.1. The van der Waals surface area contributed by atoms with Gasteiger partial charge in [-0.2, -0.15) is 4.98 Å². The highest BCUT2D eigenvalue weighted by Crippen LogP contribution is 2.22. The number of rotatable bonds is 4. The molecule has 24 heavy (non-hydrogen) atoms. The van der Waals surface area contributed by atoms with Gasteiger partial charge in [0.15, 0.2) is 0 Å². The van der Waals surface area contributed by atoms with Gasteiger partial charge in [-0.05, 0) is 18.2 Å². The van der Waals surface area contributed by atoms with Crippen molar-refractivity contribution in [1.29, 1.82) is 0 Å². The number of aromatic nitrogens is 2. The van der Waals surface area contributed by atoms with Gasteiger partial charge < -0.3 is 9.80 Å². The third-order valence-corrected chi connectivity index (χ3v) is 4.52. The second-order valence-corrected chi connectivity index (χ2v) is 6.48. The van der Waals surface area contributed by atoms with Crippen molar-refractivity contribution in [3.05, 3.63) is 46.9 Å². The molecule has 128 valence electrons. The summed E-state index contributed by atoms with van der Waals surface area (Å²) in [4.78, 5) is 15.2. The summed E-state index contributed by atoms with van der Waals surface area (Å²) in [6.45, 7) is 3.90. The quantitative estimate of drug-likeness (QED) is 0.848. The smallest absolute Gasteiger partial charge is 0.226 e. The average molecular weight is 350 g/mol. The van der Waals surface area contributed by atoms with Gasteiger partial charge in [0.05, 0.1) is 0 Å². The minimum Gasteiger partial charge on any atom is -0.354 e. The minimum atomic E-state index is -0.239. The summed E-state index contributed by atoms with van der Waals surface area (Å²) in [5, 5.41) is 0.490. The fraction of sp³-hybridized carbons (Fsp3) is 0.412. The molecule has 7 heteroatoms. The summed E-state index contributed by atoms with van der Waals surface area (Å²) in [6.07, 6.45) is 1.78. The van der Waals surface area contributed by atoms with Crippen molar-refractivity contribution >= 4 is 23.4 Å². The summed E-state index contributed by atoms with van der Waals surface area (Å²) in [5.74, 6) is 1.39. The summed E-state index contributed by atoms with van der Waals surface area (Å²) in [5.41, 5.74) is 0.574. The molecule has 1 aliphatic rings. The summed E-state index contributed by atoms with van der Waals surface area (Å²) < 4.78 is 13.9. The molecule has 2 aromatic rings. The van der Waals surface area contributed by atoms with Crippen molar-refractivity contribution in [2.75, 3.05) is 50.1 Å². The van der Waals surface area contributed by atoms with E-state index in [0.717, 1.165) is 32.0 Å². The lowest BCUT2D eigenvalue weighted by Gasteiger charge is -2.35. The molecule has 0 bridgehead atoms. The average Bonchev–Trinajstić information content (AvgIpc) is 2.59. The van der Waals surface area contributed by atoms with Gasteiger partial charge in [0.1, 0.15) is 11.6 Å². The van der Waals surface area contributed by atoms with Crippen molar-refractivity contribution in [2.24, 2.45) is 0 Å². The lowest BCUT2D eigenvalue weighted by atomic mass is 10.2. The molecule has 5 nitrogen and oxygen atoms in total. The molecule has 0 saturated carbocycles. The van der Waals surface area contributed by atoms with Crippen LogP contribution in [-0.4, -0.2) is 55.1 Å². The van der Waals surface area contributed by atoms with E-state index in [1.807, 2.05) is 25.1 Å². The molecule has 0 amide bonds. The molecule has 0 atom stereocenters. The van der Waals surface area contributed by atoms with Gasteiger partial charge in [0.2, 0.25) is 5.95 Å². The van der Waals surface area contributed by atoms with Crippen molar-refractivity contribution in [1.82, 2.24) is 14.9 Å². The van der Waals surface area contributed by atoms with Gasteiger partial charge in [0.25, 0.3) is 0 Å². The first kappa shape index (κ1) is 16.9. The normalized spacial score (nSPS) is 15.6. The van der Waals surface area contributed by atoms with Gasteiger partial charge in [-0.15, -0.1) is 0 Å². The van der Waals surface area contributed by atoms with Crippen molar-refractivity contribution < 1.29 is 4.39 Å². The van der Waals surface area contributed by atoms with Gasteiger partial charge in [-0.1, -0.05) is 17.7 Å². The van der Waals surface area contributed by atoms with E-state index in [4.69, 9.17) is 11.6 Å². The summed E-state index contributed by atoms with van der Waals surface area (Å²) in [6, 6.07) is 6.76. The topological polar surface area (TPSA) is 35.5 Å². The summed E-state index contributed by atoms with van der Waals surface area (Å²) >= 11 is 6.12. The Balaban J connectivity index is 1.63. The molecular weight excluding hydrogens is 329 g/mol. The van der Waals surface area contributed by atoms with E-state index in [2.05, 4.69) is 19.8 Å². The predicted molar refractivity (Wildman–Crippen MR) is 95.3 cm³/mol. The van der Waals surface area contributed by atoms with E-state index in [9.17, 15) is 4.39 Å². The van der Waals surface area contributed by atoms with Crippen LogP contribution in [0, 0.1) is 5.82 Å². The Morgan fingerprint density at radius 2 is 1.92 bits per heavy atom. The van der Waals surface area contributed by atoms with Crippen LogP contribution in [-0.2, 0) is 6.54 Å². The Morgan fingerprint density at radius 1 is 1.17 bits per heavy atom. The number of hydrogen-bond acceptors (Lipinski definition) is 5. The second kappa shape index (κ2) is 7.32. The van der Waals surface area contributed by atoms with E-state index in [0.29, 0.717) is 23.1 Å². The highest BCUT2D eigenvalue weighted by atomic mass is 35.5. The first-order chi connectivity index (χ1) is 11.5. The molecule has 2 heterocycles. The highest BCUT2D eigenvalue weighted by molar-refractivity contribution is 6.31. The van der Waals surface area contributed by atoms with Crippen LogP contribution in [0.3, 0.4) is 0 Å². The molecule has 1 aromatic heterocycles. The van der Waals surface area contributed by atoms with Crippen molar-refractivity contribution in [2.45, 2.75) is 6.54 Å². The number of halogens is 2. The largest absolute Gasteiger partial charge is 0.354 e. The van der Waals surface area contributed by atoms with E-state index in [1.54, 1.807) is 18.3 Å². The third kappa shape index (κ3) is 3.76. The Morgan fingerprint density at radius 3 is 2.58 bits per heavy atom. The second-order valence-electron chi connectivity index (χ2n) is 6.07. The Hall–Kier alpha value is -1.92. The molecule has 0 spiro atoms. The molecule has 1 aliphatic heterocycles. The number of anilines is 2. The molecular formula is C17H21ClFN5. The number of hydrogen-bond donors (Lipinski definition) is 0. The van der Waals surface area contributed by atoms with E-state index in [1.165, 1.54) is 6.07 Å². The van der Waals surface area contributed by atoms with E-state index < -0.39 is 0 Å². The Bertz CT molecular complexity index is 681. The highest BCUT2D eigenvalue weighted by Gasteiger charge is 2.20. The van der Waals surface area contributed by atoms with Crippen molar-refractivity contribution in [3.63, 3.8) is 0 Å². The predicted octanol–water partition coefficient (Wildman–Crippen LogP) is 2.66. The van der Waals surface area contributed by atoms with Gasteiger partial charge in [-0.25, -0.2) is 9.37 Å². The first-order valence-electron chi connectivity index (χ1n) is 7.95. The fourth-order valence-corrected chi connectivity index (χ4v) is 3.00. The van der Waals surface area contributed by atoms with Gasteiger partial charge in [-0.3, -0.25) is 4.90 Å². The van der Waals surface area contributed by atoms with Gasteiger partial charge in [0, 0.05) is 63.6 Å². The lowest BCUT2D eigenvalue weighted by molar-refractivity contribution is 0.246.